The van der Waals surface area contributed by atoms with Gasteiger partial charge in [0.25, 0.3) is 5.56 Å². The molecule has 1 fully saturated rings. The maximum Gasteiger partial charge on any atom is 0.331 e. The summed E-state index contributed by atoms with van der Waals surface area (Å²) in [6.07, 6.45) is 1.63. The predicted molar refractivity (Wildman–Crippen MR) is 116 cm³/mol. The van der Waals surface area contributed by atoms with Gasteiger partial charge in [0.1, 0.15) is 17.3 Å². The highest BCUT2D eigenvalue weighted by Crippen LogP contribution is 2.15. The molecule has 0 aliphatic carbocycles. The molecule has 0 saturated carbocycles. The van der Waals surface area contributed by atoms with Crippen LogP contribution in [0.1, 0.15) is 11.1 Å². The molecule has 32 heavy (non-hydrogen) atoms. The zero-order valence-electron chi connectivity index (χ0n) is 17.3. The van der Waals surface area contributed by atoms with Crippen LogP contribution in [0.15, 0.2) is 64.3 Å². The molecule has 7 nitrogen and oxygen atoms in total. The molecule has 1 amide bonds. The van der Waals surface area contributed by atoms with Crippen molar-refractivity contribution < 1.29 is 13.6 Å². The molecule has 2 heterocycles. The van der Waals surface area contributed by atoms with E-state index in [1.807, 2.05) is 30.3 Å². The minimum atomic E-state index is -0.793. The third kappa shape index (κ3) is 4.38. The van der Waals surface area contributed by atoms with E-state index in [2.05, 4.69) is 5.32 Å². The number of halogens is 2. The van der Waals surface area contributed by atoms with Crippen molar-refractivity contribution in [3.8, 4) is 0 Å². The van der Waals surface area contributed by atoms with Crippen molar-refractivity contribution in [2.45, 2.75) is 19.5 Å². The SMILES string of the molecule is O=C1CNCCN1c1cn(Cc2c(F)cccc2F)c(=O)n(CCc2ccccc2)c1=O. The summed E-state index contributed by atoms with van der Waals surface area (Å²) in [4.78, 5) is 40.0. The topological polar surface area (TPSA) is 76.3 Å². The Kier molecular flexibility index (Phi) is 6.27. The zero-order valence-corrected chi connectivity index (χ0v) is 17.3. The van der Waals surface area contributed by atoms with E-state index >= 15 is 0 Å². The number of aromatic nitrogens is 2. The number of hydrogen-bond acceptors (Lipinski definition) is 4. The Balaban J connectivity index is 1.79. The summed E-state index contributed by atoms with van der Waals surface area (Å²) >= 11 is 0. The molecule has 2 aromatic carbocycles. The average molecular weight is 440 g/mol. The fourth-order valence-corrected chi connectivity index (χ4v) is 3.73. The van der Waals surface area contributed by atoms with Gasteiger partial charge in [-0.3, -0.25) is 18.7 Å². The second kappa shape index (κ2) is 9.27. The van der Waals surface area contributed by atoms with E-state index in [1.165, 1.54) is 17.2 Å². The molecule has 1 aromatic heterocycles. The zero-order chi connectivity index (χ0) is 22.7. The van der Waals surface area contributed by atoms with Gasteiger partial charge in [-0.25, -0.2) is 13.6 Å². The van der Waals surface area contributed by atoms with Crippen molar-refractivity contribution in [3.05, 3.63) is 98.3 Å². The summed E-state index contributed by atoms with van der Waals surface area (Å²) in [6.45, 7) is 0.450. The largest absolute Gasteiger partial charge is 0.331 e. The molecule has 1 N–H and O–H groups in total. The summed E-state index contributed by atoms with van der Waals surface area (Å²) in [5.41, 5.74) is -0.651. The number of anilines is 1. The highest BCUT2D eigenvalue weighted by Gasteiger charge is 2.25. The van der Waals surface area contributed by atoms with Crippen molar-refractivity contribution in [2.24, 2.45) is 0 Å². The van der Waals surface area contributed by atoms with Crippen LogP contribution >= 0.6 is 0 Å². The van der Waals surface area contributed by atoms with Crippen molar-refractivity contribution in [1.82, 2.24) is 14.5 Å². The Labute approximate surface area is 182 Å². The number of piperazine rings is 1. The quantitative estimate of drug-likeness (QED) is 0.631. The smallest absolute Gasteiger partial charge is 0.307 e. The van der Waals surface area contributed by atoms with E-state index in [9.17, 15) is 23.2 Å². The van der Waals surface area contributed by atoms with Gasteiger partial charge in [-0.15, -0.1) is 0 Å². The fraction of sp³-hybridized carbons (Fsp3) is 0.261. The first-order chi connectivity index (χ1) is 15.5. The Morgan fingerprint density at radius 1 is 0.938 bits per heavy atom. The maximum absolute atomic E-state index is 14.2. The molecule has 0 radical (unpaired) electrons. The second-order valence-electron chi connectivity index (χ2n) is 7.54. The van der Waals surface area contributed by atoms with Crippen LogP contribution in [0.4, 0.5) is 14.5 Å². The van der Waals surface area contributed by atoms with E-state index in [1.54, 1.807) is 0 Å². The highest BCUT2D eigenvalue weighted by molar-refractivity contribution is 5.95. The fourth-order valence-electron chi connectivity index (χ4n) is 3.73. The Bertz CT molecular complexity index is 1230. The van der Waals surface area contributed by atoms with Crippen LogP contribution in [-0.2, 0) is 24.3 Å². The molecule has 0 atom stereocenters. The number of aryl methyl sites for hydroxylation is 1. The van der Waals surface area contributed by atoms with Gasteiger partial charge in [-0.05, 0) is 24.1 Å². The van der Waals surface area contributed by atoms with Crippen LogP contribution in [-0.4, -0.2) is 34.7 Å². The van der Waals surface area contributed by atoms with Gasteiger partial charge in [-0.1, -0.05) is 36.4 Å². The lowest BCUT2D eigenvalue weighted by atomic mass is 10.1. The van der Waals surface area contributed by atoms with E-state index in [0.717, 1.165) is 26.8 Å². The molecule has 3 aromatic rings. The molecular formula is C23H22F2N4O3. The molecule has 0 unspecified atom stereocenters. The molecular weight excluding hydrogens is 418 g/mol. The number of benzene rings is 2. The number of amides is 1. The van der Waals surface area contributed by atoms with Gasteiger partial charge >= 0.3 is 5.69 Å². The summed E-state index contributed by atoms with van der Waals surface area (Å²) in [7, 11) is 0. The minimum Gasteiger partial charge on any atom is -0.307 e. The first-order valence-corrected chi connectivity index (χ1v) is 10.3. The third-order valence-corrected chi connectivity index (χ3v) is 5.46. The normalized spacial score (nSPS) is 14.1. The number of rotatable bonds is 6. The third-order valence-electron chi connectivity index (χ3n) is 5.46. The molecule has 0 bridgehead atoms. The predicted octanol–water partition coefficient (Wildman–Crippen LogP) is 1.52. The molecule has 166 valence electrons. The maximum atomic E-state index is 14.2. The lowest BCUT2D eigenvalue weighted by Crippen LogP contribution is -2.52. The van der Waals surface area contributed by atoms with Crippen LogP contribution < -0.4 is 21.5 Å². The first-order valence-electron chi connectivity index (χ1n) is 10.3. The highest BCUT2D eigenvalue weighted by atomic mass is 19.1. The van der Waals surface area contributed by atoms with Crippen molar-refractivity contribution >= 4 is 11.6 Å². The lowest BCUT2D eigenvalue weighted by Gasteiger charge is -2.27. The Morgan fingerprint density at radius 2 is 1.66 bits per heavy atom. The summed E-state index contributed by atoms with van der Waals surface area (Å²) < 4.78 is 30.6. The van der Waals surface area contributed by atoms with E-state index < -0.39 is 29.4 Å². The number of carbonyl (C=O) groups excluding carboxylic acids is 1. The monoisotopic (exact) mass is 440 g/mol. The van der Waals surface area contributed by atoms with Crippen LogP contribution in [0.2, 0.25) is 0 Å². The van der Waals surface area contributed by atoms with Crippen LogP contribution in [0.5, 0.6) is 0 Å². The lowest BCUT2D eigenvalue weighted by molar-refractivity contribution is -0.118. The van der Waals surface area contributed by atoms with Gasteiger partial charge in [0, 0.05) is 31.4 Å². The Morgan fingerprint density at radius 3 is 2.34 bits per heavy atom. The van der Waals surface area contributed by atoms with Crippen LogP contribution in [0.3, 0.4) is 0 Å². The molecule has 1 aliphatic heterocycles. The number of nitrogens with zero attached hydrogens (tertiary/aromatic N) is 3. The summed E-state index contributed by atoms with van der Waals surface area (Å²) in [5, 5.41) is 2.93. The standard InChI is InChI=1S/C23H22F2N4O3/c24-18-7-4-8-19(25)17(18)14-27-15-20(28-12-10-26-13-21(28)30)22(31)29(23(27)32)11-9-16-5-2-1-3-6-16/h1-8,15,26H,9-14H2. The van der Waals surface area contributed by atoms with E-state index in [4.69, 9.17) is 0 Å². The summed E-state index contributed by atoms with van der Waals surface area (Å²) in [5.74, 6) is -1.90. The summed E-state index contributed by atoms with van der Waals surface area (Å²) in [6, 6.07) is 12.8. The minimum absolute atomic E-state index is 0.0147. The number of nitrogens with one attached hydrogen (secondary N) is 1. The molecule has 9 heteroatoms. The molecule has 1 saturated heterocycles. The van der Waals surface area contributed by atoms with Gasteiger partial charge < -0.3 is 10.2 Å². The van der Waals surface area contributed by atoms with E-state index in [0.29, 0.717) is 13.0 Å². The first kappa shape index (κ1) is 21.6. The van der Waals surface area contributed by atoms with E-state index in [-0.39, 0.29) is 36.8 Å². The van der Waals surface area contributed by atoms with Crippen molar-refractivity contribution in [3.63, 3.8) is 0 Å². The number of hydrogen-bond donors (Lipinski definition) is 1. The van der Waals surface area contributed by atoms with Crippen molar-refractivity contribution in [2.75, 3.05) is 24.5 Å². The second-order valence-corrected chi connectivity index (χ2v) is 7.54. The van der Waals surface area contributed by atoms with Crippen molar-refractivity contribution in [1.29, 1.82) is 0 Å². The average Bonchev–Trinajstić information content (AvgIpc) is 2.79. The molecule has 1 aliphatic rings. The van der Waals surface area contributed by atoms with Gasteiger partial charge in [0.15, 0.2) is 0 Å². The van der Waals surface area contributed by atoms with Gasteiger partial charge in [0.2, 0.25) is 5.91 Å². The van der Waals surface area contributed by atoms with Gasteiger partial charge in [-0.2, -0.15) is 0 Å². The Hall–Kier alpha value is -3.59. The molecule has 4 rings (SSSR count). The van der Waals surface area contributed by atoms with Crippen LogP contribution in [0.25, 0.3) is 0 Å². The number of carbonyl (C=O) groups is 1. The molecule has 0 spiro atoms. The van der Waals surface area contributed by atoms with Crippen LogP contribution in [0, 0.1) is 11.6 Å². The van der Waals surface area contributed by atoms with Gasteiger partial charge in [0.05, 0.1) is 13.1 Å².